The first-order valence-electron chi connectivity index (χ1n) is 9.33. The Kier molecular flexibility index (Phi) is 8.43. The van der Waals surface area contributed by atoms with Gasteiger partial charge in [-0.25, -0.2) is 0 Å². The fraction of sp³-hybridized carbons (Fsp3) is 0.550. The molecule has 2 N–H and O–H groups in total. The van der Waals surface area contributed by atoms with E-state index in [9.17, 15) is 13.2 Å². The Labute approximate surface area is 181 Å². The summed E-state index contributed by atoms with van der Waals surface area (Å²) in [7, 11) is 1.70. The molecular formula is C20H26F3IN4. The molecule has 1 saturated heterocycles. The van der Waals surface area contributed by atoms with Crippen molar-refractivity contribution in [2.45, 2.75) is 43.9 Å². The van der Waals surface area contributed by atoms with Gasteiger partial charge >= 0.3 is 6.18 Å². The molecule has 0 radical (unpaired) electrons. The minimum Gasteiger partial charge on any atom is -0.354 e. The number of alkyl halides is 3. The van der Waals surface area contributed by atoms with Gasteiger partial charge in [0.15, 0.2) is 5.96 Å². The molecule has 8 heteroatoms. The van der Waals surface area contributed by atoms with Gasteiger partial charge in [-0.2, -0.15) is 13.2 Å². The number of nitrogens with one attached hydrogen (secondary N) is 2. The first kappa shape index (κ1) is 22.8. The Morgan fingerprint density at radius 2 is 1.93 bits per heavy atom. The van der Waals surface area contributed by atoms with Gasteiger partial charge in [0.1, 0.15) is 0 Å². The topological polar surface area (TPSA) is 39.7 Å². The average molecular weight is 506 g/mol. The molecule has 0 atom stereocenters. The maximum atomic E-state index is 12.7. The van der Waals surface area contributed by atoms with Crippen molar-refractivity contribution in [2.75, 3.05) is 26.7 Å². The molecule has 1 heterocycles. The van der Waals surface area contributed by atoms with Crippen LogP contribution in [0.1, 0.15) is 36.8 Å². The quantitative estimate of drug-likeness (QED) is 0.286. The lowest BCUT2D eigenvalue weighted by Gasteiger charge is -2.33. The molecule has 1 saturated carbocycles. The van der Waals surface area contributed by atoms with Crippen molar-refractivity contribution in [1.29, 1.82) is 0 Å². The van der Waals surface area contributed by atoms with Crippen molar-refractivity contribution in [3.05, 3.63) is 35.4 Å². The molecule has 2 aliphatic rings. The Bertz CT molecular complexity index is 727. The number of aliphatic imine (C=N–C) groups is 1. The van der Waals surface area contributed by atoms with E-state index in [1.807, 2.05) is 0 Å². The summed E-state index contributed by atoms with van der Waals surface area (Å²) in [6.45, 7) is 2.56. The molecule has 0 spiro atoms. The van der Waals surface area contributed by atoms with Crippen LogP contribution < -0.4 is 10.6 Å². The second-order valence-corrected chi connectivity index (χ2v) is 6.99. The van der Waals surface area contributed by atoms with Gasteiger partial charge in [0.05, 0.1) is 12.1 Å². The molecule has 0 bridgehead atoms. The number of piperidine rings is 1. The zero-order valence-corrected chi connectivity index (χ0v) is 18.2. The van der Waals surface area contributed by atoms with Gasteiger partial charge in [0, 0.05) is 37.8 Å². The standard InChI is InChI=1S/C20H25F3N4.HI/c1-24-19(26-17-9-12-27(13-10-17)18-7-8-18)25-11-3-5-15-4-2-6-16(14-15)20(21,22)23;/h2,4,6,14,17-18H,7-13H2,1H3,(H2,24,25,26);1H. The molecule has 0 unspecified atom stereocenters. The SMILES string of the molecule is CN=C(NCC#Cc1cccc(C(F)(F)F)c1)NC1CCN(C2CC2)CC1.I. The molecule has 28 heavy (non-hydrogen) atoms. The third kappa shape index (κ3) is 6.85. The van der Waals surface area contributed by atoms with Gasteiger partial charge in [-0.15, -0.1) is 24.0 Å². The highest BCUT2D eigenvalue weighted by Gasteiger charge is 2.32. The predicted octanol–water partition coefficient (Wildman–Crippen LogP) is 3.47. The molecule has 4 nitrogen and oxygen atoms in total. The highest BCUT2D eigenvalue weighted by Crippen LogP contribution is 2.30. The van der Waals surface area contributed by atoms with Crippen LogP contribution in [0.5, 0.6) is 0 Å². The van der Waals surface area contributed by atoms with Gasteiger partial charge < -0.3 is 15.5 Å². The fourth-order valence-electron chi connectivity index (χ4n) is 3.28. The fourth-order valence-corrected chi connectivity index (χ4v) is 3.28. The maximum absolute atomic E-state index is 12.7. The van der Waals surface area contributed by atoms with Crippen molar-refractivity contribution in [3.8, 4) is 11.8 Å². The first-order valence-corrected chi connectivity index (χ1v) is 9.33. The number of hydrogen-bond donors (Lipinski definition) is 2. The van der Waals surface area contributed by atoms with Crippen molar-refractivity contribution < 1.29 is 13.2 Å². The molecule has 3 rings (SSSR count). The van der Waals surface area contributed by atoms with Crippen LogP contribution in [-0.4, -0.2) is 49.6 Å². The Balaban J connectivity index is 0.00000280. The van der Waals surface area contributed by atoms with Gasteiger partial charge in [-0.3, -0.25) is 4.99 Å². The Morgan fingerprint density at radius 1 is 1.21 bits per heavy atom. The van der Waals surface area contributed by atoms with Gasteiger partial charge in [0.2, 0.25) is 0 Å². The zero-order valence-electron chi connectivity index (χ0n) is 15.9. The number of halogens is 4. The summed E-state index contributed by atoms with van der Waals surface area (Å²) in [5.74, 6) is 6.30. The van der Waals surface area contributed by atoms with E-state index in [1.54, 1.807) is 13.1 Å². The van der Waals surface area contributed by atoms with E-state index < -0.39 is 11.7 Å². The molecule has 1 aliphatic carbocycles. The van der Waals surface area contributed by atoms with E-state index in [4.69, 9.17) is 0 Å². The van der Waals surface area contributed by atoms with E-state index in [2.05, 4.69) is 32.4 Å². The van der Waals surface area contributed by atoms with Crippen LogP contribution in [0.2, 0.25) is 0 Å². The minimum absolute atomic E-state index is 0. The maximum Gasteiger partial charge on any atom is 0.416 e. The molecule has 0 aromatic heterocycles. The Hall–Kier alpha value is -1.47. The van der Waals surface area contributed by atoms with Gasteiger partial charge in [-0.05, 0) is 43.9 Å². The number of benzene rings is 1. The highest BCUT2D eigenvalue weighted by molar-refractivity contribution is 14.0. The third-order valence-electron chi connectivity index (χ3n) is 4.92. The van der Waals surface area contributed by atoms with Crippen molar-refractivity contribution >= 4 is 29.9 Å². The van der Waals surface area contributed by atoms with Crippen molar-refractivity contribution in [3.63, 3.8) is 0 Å². The molecule has 2 fully saturated rings. The predicted molar refractivity (Wildman–Crippen MR) is 116 cm³/mol. The van der Waals surface area contributed by atoms with Crippen molar-refractivity contribution in [2.24, 2.45) is 4.99 Å². The summed E-state index contributed by atoms with van der Waals surface area (Å²) >= 11 is 0. The summed E-state index contributed by atoms with van der Waals surface area (Å²) in [5, 5.41) is 6.52. The summed E-state index contributed by atoms with van der Waals surface area (Å²) in [6.07, 6.45) is 0.509. The van der Waals surface area contributed by atoms with E-state index in [0.717, 1.165) is 44.1 Å². The second kappa shape index (κ2) is 10.3. The summed E-state index contributed by atoms with van der Waals surface area (Å²) < 4.78 is 38.1. The van der Waals surface area contributed by atoms with Crippen molar-refractivity contribution in [1.82, 2.24) is 15.5 Å². The number of hydrogen-bond acceptors (Lipinski definition) is 2. The molecular weight excluding hydrogens is 480 g/mol. The number of rotatable bonds is 3. The van der Waals surface area contributed by atoms with Crippen LogP contribution in [0.4, 0.5) is 13.2 Å². The van der Waals surface area contributed by atoms with Crippen LogP contribution in [0.3, 0.4) is 0 Å². The van der Waals surface area contributed by atoms with Crippen LogP contribution in [0, 0.1) is 11.8 Å². The summed E-state index contributed by atoms with van der Waals surface area (Å²) in [4.78, 5) is 6.77. The lowest BCUT2D eigenvalue weighted by atomic mass is 10.1. The first-order chi connectivity index (χ1) is 13.0. The summed E-state index contributed by atoms with van der Waals surface area (Å²) in [5.41, 5.74) is -0.334. The molecule has 1 aromatic rings. The second-order valence-electron chi connectivity index (χ2n) is 6.99. The molecule has 1 aliphatic heterocycles. The van der Waals surface area contributed by atoms with E-state index >= 15 is 0 Å². The zero-order chi connectivity index (χ0) is 19.3. The minimum atomic E-state index is -4.35. The largest absolute Gasteiger partial charge is 0.416 e. The van der Waals surface area contributed by atoms with E-state index in [-0.39, 0.29) is 24.0 Å². The van der Waals surface area contributed by atoms with Gasteiger partial charge in [-0.1, -0.05) is 17.9 Å². The van der Waals surface area contributed by atoms with Crippen LogP contribution in [0.25, 0.3) is 0 Å². The monoisotopic (exact) mass is 506 g/mol. The average Bonchev–Trinajstić information content (AvgIpc) is 3.49. The Morgan fingerprint density at radius 3 is 2.54 bits per heavy atom. The van der Waals surface area contributed by atoms with Crippen LogP contribution in [-0.2, 0) is 6.18 Å². The molecule has 0 amide bonds. The van der Waals surface area contributed by atoms with Crippen LogP contribution >= 0.6 is 24.0 Å². The van der Waals surface area contributed by atoms with E-state index in [1.165, 1.54) is 18.9 Å². The smallest absolute Gasteiger partial charge is 0.354 e. The number of likely N-dealkylation sites (tertiary alicyclic amines) is 1. The van der Waals surface area contributed by atoms with E-state index in [0.29, 0.717) is 24.1 Å². The normalized spacial score (nSPS) is 18.6. The highest BCUT2D eigenvalue weighted by atomic mass is 127. The number of nitrogens with zero attached hydrogens (tertiary/aromatic N) is 2. The summed E-state index contributed by atoms with van der Waals surface area (Å²) in [6, 6.07) is 6.26. The lowest BCUT2D eigenvalue weighted by molar-refractivity contribution is -0.137. The van der Waals surface area contributed by atoms with Crippen LogP contribution in [0.15, 0.2) is 29.3 Å². The van der Waals surface area contributed by atoms with Gasteiger partial charge in [0.25, 0.3) is 0 Å². The third-order valence-corrected chi connectivity index (χ3v) is 4.92. The lowest BCUT2D eigenvalue weighted by Crippen LogP contribution is -2.49. The number of guanidine groups is 1. The molecule has 1 aromatic carbocycles. The molecule has 154 valence electrons.